The van der Waals surface area contributed by atoms with Crippen molar-refractivity contribution in [3.05, 3.63) is 28.2 Å². The molecule has 0 saturated heterocycles. The van der Waals surface area contributed by atoms with E-state index in [1.165, 1.54) is 18.1 Å². The number of benzene rings is 1. The molecule has 128 valence electrons. The third kappa shape index (κ3) is 6.25. The predicted octanol–water partition coefficient (Wildman–Crippen LogP) is 2.14. The summed E-state index contributed by atoms with van der Waals surface area (Å²) in [6, 6.07) is 4.68. The molecule has 0 spiro atoms. The minimum atomic E-state index is -0.835. The molecule has 1 aromatic rings. The largest absolute Gasteiger partial charge is 0.479 e. The fraction of sp³-hybridized carbons (Fsp3) is 0.467. The molecule has 0 aliphatic rings. The normalized spacial score (nSPS) is 11.7. The fourth-order valence-corrected chi connectivity index (χ4v) is 2.30. The maximum Gasteiger partial charge on any atom is 0.307 e. The Bertz CT molecular complexity index is 553. The molecular formula is C15H19Cl2NO5. The van der Waals surface area contributed by atoms with Gasteiger partial charge in [-0.1, -0.05) is 23.2 Å². The standard InChI is InChI=1S/C15H19Cl2NO5/c1-10(23-13-4-3-11(16)9-12(13)17)15(21)18(7-8-19)6-5-14(20)22-2/h3-4,9-10,19H,5-8H2,1-2H3. The van der Waals surface area contributed by atoms with Crippen LogP contribution in [0.3, 0.4) is 0 Å². The van der Waals surface area contributed by atoms with Crippen molar-refractivity contribution in [1.29, 1.82) is 0 Å². The minimum Gasteiger partial charge on any atom is -0.479 e. The Labute approximate surface area is 144 Å². The van der Waals surface area contributed by atoms with Crippen LogP contribution in [0.15, 0.2) is 18.2 Å². The van der Waals surface area contributed by atoms with Gasteiger partial charge in [0.15, 0.2) is 6.10 Å². The van der Waals surface area contributed by atoms with Crippen molar-refractivity contribution in [2.24, 2.45) is 0 Å². The Hall–Kier alpha value is -1.50. The number of esters is 1. The maximum absolute atomic E-state index is 12.4. The van der Waals surface area contributed by atoms with E-state index in [4.69, 9.17) is 33.0 Å². The highest BCUT2D eigenvalue weighted by molar-refractivity contribution is 6.35. The van der Waals surface area contributed by atoms with Crippen LogP contribution in [0.1, 0.15) is 13.3 Å². The van der Waals surface area contributed by atoms with E-state index in [-0.39, 0.29) is 32.0 Å². The lowest BCUT2D eigenvalue weighted by atomic mass is 10.3. The summed E-state index contributed by atoms with van der Waals surface area (Å²) in [7, 11) is 1.27. The number of halogens is 2. The number of carbonyl (C=O) groups is 2. The molecule has 0 aliphatic heterocycles. The summed E-state index contributed by atoms with van der Waals surface area (Å²) in [5.41, 5.74) is 0. The van der Waals surface area contributed by atoms with E-state index >= 15 is 0 Å². The molecule has 0 aliphatic carbocycles. The van der Waals surface area contributed by atoms with E-state index in [9.17, 15) is 9.59 Å². The van der Waals surface area contributed by atoms with Crippen LogP contribution in [0.4, 0.5) is 0 Å². The number of hydrogen-bond donors (Lipinski definition) is 1. The summed E-state index contributed by atoms with van der Waals surface area (Å²) in [6.45, 7) is 1.57. The van der Waals surface area contributed by atoms with Crippen molar-refractivity contribution in [1.82, 2.24) is 4.90 Å². The van der Waals surface area contributed by atoms with Gasteiger partial charge in [-0.2, -0.15) is 0 Å². The molecule has 0 radical (unpaired) electrons. The number of aliphatic hydroxyl groups is 1. The van der Waals surface area contributed by atoms with Crippen LogP contribution in [0.25, 0.3) is 0 Å². The van der Waals surface area contributed by atoms with Gasteiger partial charge in [0.1, 0.15) is 5.75 Å². The monoisotopic (exact) mass is 363 g/mol. The number of ether oxygens (including phenoxy) is 2. The Balaban J connectivity index is 2.72. The summed E-state index contributed by atoms with van der Waals surface area (Å²) < 4.78 is 10.1. The van der Waals surface area contributed by atoms with E-state index in [1.807, 2.05) is 0 Å². The highest BCUT2D eigenvalue weighted by atomic mass is 35.5. The van der Waals surface area contributed by atoms with E-state index < -0.39 is 12.1 Å². The Kier molecular flexibility index (Phi) is 8.16. The number of nitrogens with zero attached hydrogens (tertiary/aromatic N) is 1. The Morgan fingerprint density at radius 3 is 2.57 bits per heavy atom. The number of carbonyl (C=O) groups excluding carboxylic acids is 2. The molecule has 0 fully saturated rings. The van der Waals surface area contributed by atoms with Crippen molar-refractivity contribution >= 4 is 35.1 Å². The third-order valence-electron chi connectivity index (χ3n) is 3.04. The SMILES string of the molecule is COC(=O)CCN(CCO)C(=O)C(C)Oc1ccc(Cl)cc1Cl. The lowest BCUT2D eigenvalue weighted by Crippen LogP contribution is -2.43. The topological polar surface area (TPSA) is 76.1 Å². The Morgan fingerprint density at radius 1 is 1.30 bits per heavy atom. The van der Waals surface area contributed by atoms with Crippen LogP contribution in [0.2, 0.25) is 10.0 Å². The van der Waals surface area contributed by atoms with Crippen molar-refractivity contribution in [3.63, 3.8) is 0 Å². The fourth-order valence-electron chi connectivity index (χ4n) is 1.85. The average molecular weight is 364 g/mol. The molecule has 1 N–H and O–H groups in total. The third-order valence-corrected chi connectivity index (χ3v) is 3.57. The number of rotatable bonds is 8. The quantitative estimate of drug-likeness (QED) is 0.716. The van der Waals surface area contributed by atoms with E-state index in [0.717, 1.165) is 0 Å². The highest BCUT2D eigenvalue weighted by Crippen LogP contribution is 2.28. The molecule has 1 amide bonds. The van der Waals surface area contributed by atoms with Gasteiger partial charge >= 0.3 is 5.97 Å². The second-order valence-corrected chi connectivity index (χ2v) is 5.55. The lowest BCUT2D eigenvalue weighted by Gasteiger charge is -2.25. The molecule has 1 aromatic carbocycles. The molecule has 23 heavy (non-hydrogen) atoms. The molecule has 1 rings (SSSR count). The van der Waals surface area contributed by atoms with Crippen molar-refractivity contribution in [2.75, 3.05) is 26.8 Å². The molecule has 1 atom stereocenters. The number of methoxy groups -OCH3 is 1. The van der Waals surface area contributed by atoms with Crippen LogP contribution in [-0.4, -0.2) is 54.8 Å². The number of aliphatic hydroxyl groups excluding tert-OH is 1. The van der Waals surface area contributed by atoms with Crippen molar-refractivity contribution < 1.29 is 24.2 Å². The molecule has 0 aromatic heterocycles. The molecule has 6 nitrogen and oxygen atoms in total. The van der Waals surface area contributed by atoms with Crippen LogP contribution >= 0.6 is 23.2 Å². The van der Waals surface area contributed by atoms with Gasteiger partial charge in [-0.3, -0.25) is 9.59 Å². The average Bonchev–Trinajstić information content (AvgIpc) is 2.52. The molecular weight excluding hydrogens is 345 g/mol. The van der Waals surface area contributed by atoms with E-state index in [0.29, 0.717) is 15.8 Å². The van der Waals surface area contributed by atoms with Gasteiger partial charge in [-0.25, -0.2) is 0 Å². The van der Waals surface area contributed by atoms with Crippen LogP contribution in [-0.2, 0) is 14.3 Å². The number of hydrogen-bond acceptors (Lipinski definition) is 5. The summed E-state index contributed by atoms with van der Waals surface area (Å²) in [4.78, 5) is 24.9. The number of amides is 1. The van der Waals surface area contributed by atoms with E-state index in [2.05, 4.69) is 4.74 Å². The molecule has 8 heteroatoms. The first-order valence-electron chi connectivity index (χ1n) is 6.97. The summed E-state index contributed by atoms with van der Waals surface area (Å²) in [6.07, 6.45) is -0.797. The molecule has 1 unspecified atom stereocenters. The first-order chi connectivity index (χ1) is 10.9. The molecule has 0 bridgehead atoms. The first kappa shape index (κ1) is 19.5. The van der Waals surface area contributed by atoms with Gasteiger partial charge in [0.05, 0.1) is 25.2 Å². The zero-order valence-electron chi connectivity index (χ0n) is 12.9. The predicted molar refractivity (Wildman–Crippen MR) is 86.9 cm³/mol. The van der Waals surface area contributed by atoms with Gasteiger partial charge < -0.3 is 19.5 Å². The summed E-state index contributed by atoms with van der Waals surface area (Å²) in [5, 5.41) is 9.82. The molecule has 0 heterocycles. The van der Waals surface area contributed by atoms with Crippen molar-refractivity contribution in [2.45, 2.75) is 19.4 Å². The van der Waals surface area contributed by atoms with Crippen LogP contribution in [0, 0.1) is 0 Å². The van der Waals surface area contributed by atoms with Crippen molar-refractivity contribution in [3.8, 4) is 5.75 Å². The highest BCUT2D eigenvalue weighted by Gasteiger charge is 2.23. The van der Waals surface area contributed by atoms with Crippen LogP contribution < -0.4 is 4.74 Å². The zero-order chi connectivity index (χ0) is 17.4. The maximum atomic E-state index is 12.4. The van der Waals surface area contributed by atoms with E-state index in [1.54, 1.807) is 19.1 Å². The van der Waals surface area contributed by atoms with Crippen LogP contribution in [0.5, 0.6) is 5.75 Å². The first-order valence-corrected chi connectivity index (χ1v) is 7.72. The zero-order valence-corrected chi connectivity index (χ0v) is 14.4. The lowest BCUT2D eigenvalue weighted by molar-refractivity contribution is -0.143. The molecule has 0 saturated carbocycles. The smallest absolute Gasteiger partial charge is 0.307 e. The van der Waals surface area contributed by atoms with Gasteiger partial charge in [0.2, 0.25) is 0 Å². The van der Waals surface area contributed by atoms with Gasteiger partial charge in [0.25, 0.3) is 5.91 Å². The second kappa shape index (κ2) is 9.60. The minimum absolute atomic E-state index is 0.0384. The Morgan fingerprint density at radius 2 is 2.00 bits per heavy atom. The second-order valence-electron chi connectivity index (χ2n) is 4.71. The van der Waals surface area contributed by atoms with Gasteiger partial charge in [0, 0.05) is 18.1 Å². The van der Waals surface area contributed by atoms with Gasteiger partial charge in [-0.15, -0.1) is 0 Å². The summed E-state index contributed by atoms with van der Waals surface area (Å²) in [5.74, 6) is -0.474. The summed E-state index contributed by atoms with van der Waals surface area (Å²) >= 11 is 11.8. The van der Waals surface area contributed by atoms with Gasteiger partial charge in [-0.05, 0) is 25.1 Å².